The highest BCUT2D eigenvalue weighted by atomic mass is 32.1. The van der Waals surface area contributed by atoms with E-state index in [-0.39, 0.29) is 10.6 Å². The number of carbonyl (C=O) groups is 1. The number of rotatable bonds is 5. The van der Waals surface area contributed by atoms with Gasteiger partial charge in [-0.3, -0.25) is 15.0 Å². The number of aromatic carboxylic acids is 1. The van der Waals surface area contributed by atoms with E-state index in [0.29, 0.717) is 10.6 Å². The maximum Gasteiger partial charge on any atom is 0.348 e. The molecule has 2 aromatic heterocycles. The van der Waals surface area contributed by atoms with Gasteiger partial charge in [-0.05, 0) is 23.8 Å². The quantitative estimate of drug-likeness (QED) is 0.690. The summed E-state index contributed by atoms with van der Waals surface area (Å²) in [5, 5.41) is 9.25. The summed E-state index contributed by atoms with van der Waals surface area (Å²) in [6.07, 6.45) is 0. The van der Waals surface area contributed by atoms with Crippen LogP contribution in [0.5, 0.6) is 5.75 Å². The molecule has 2 heterocycles. The topological polar surface area (TPSA) is 97.6 Å². The van der Waals surface area contributed by atoms with E-state index in [1.165, 1.54) is 0 Å². The van der Waals surface area contributed by atoms with Crippen molar-refractivity contribution >= 4 is 23.0 Å². The summed E-state index contributed by atoms with van der Waals surface area (Å²) in [5.74, 6) is -0.489. The van der Waals surface area contributed by atoms with Crippen molar-refractivity contribution in [1.82, 2.24) is 4.68 Å². The lowest BCUT2D eigenvalue weighted by Gasteiger charge is -2.01. The number of nitrogens with one attached hydrogen (secondary N) is 1. The molecule has 8 heteroatoms. The van der Waals surface area contributed by atoms with Crippen molar-refractivity contribution < 1.29 is 14.6 Å². The second-order valence-electron chi connectivity index (χ2n) is 4.45. The van der Waals surface area contributed by atoms with Gasteiger partial charge in [-0.25, -0.2) is 4.79 Å². The molecule has 0 amide bonds. The number of thiophene rings is 1. The normalized spacial score (nSPS) is 10.8. The molecule has 0 atom stereocenters. The van der Waals surface area contributed by atoms with Crippen LogP contribution in [-0.4, -0.2) is 22.9 Å². The number of anilines is 1. The predicted octanol–water partition coefficient (Wildman–Crippen LogP) is 1.39. The summed E-state index contributed by atoms with van der Waals surface area (Å²) in [7, 11) is 1.54. The Bertz CT molecular complexity index is 907. The summed E-state index contributed by atoms with van der Waals surface area (Å²) in [4.78, 5) is 34.0. The van der Waals surface area contributed by atoms with Crippen LogP contribution in [0.4, 0.5) is 5.69 Å². The Balaban J connectivity index is 2.02. The molecule has 0 aliphatic rings. The van der Waals surface area contributed by atoms with Crippen molar-refractivity contribution in [3.05, 3.63) is 55.9 Å². The number of hydrogen-bond acceptors (Lipinski definition) is 6. The third-order valence-electron chi connectivity index (χ3n) is 3.05. The monoisotopic (exact) mass is 318 g/mol. The van der Waals surface area contributed by atoms with E-state index in [2.05, 4.69) is 5.43 Å². The zero-order chi connectivity index (χ0) is 15.9. The molecular formula is C14H10N2O5S. The zero-order valence-electron chi connectivity index (χ0n) is 11.3. The van der Waals surface area contributed by atoms with Gasteiger partial charge in [0, 0.05) is 4.88 Å². The smallest absolute Gasteiger partial charge is 0.348 e. The van der Waals surface area contributed by atoms with E-state index in [9.17, 15) is 19.5 Å². The van der Waals surface area contributed by atoms with E-state index >= 15 is 0 Å². The maximum atomic E-state index is 11.3. The highest BCUT2D eigenvalue weighted by molar-refractivity contribution is 7.18. The van der Waals surface area contributed by atoms with Crippen LogP contribution >= 0.6 is 11.3 Å². The van der Waals surface area contributed by atoms with Crippen molar-refractivity contribution in [2.75, 3.05) is 12.5 Å². The number of benzene rings is 1. The lowest BCUT2D eigenvalue weighted by Crippen LogP contribution is -2.09. The van der Waals surface area contributed by atoms with Gasteiger partial charge in [-0.1, -0.05) is 12.1 Å². The van der Waals surface area contributed by atoms with Crippen LogP contribution in [0.3, 0.4) is 0 Å². The first-order valence-corrected chi connectivity index (χ1v) is 6.99. The lowest BCUT2D eigenvalue weighted by atomic mass is 10.2. The Morgan fingerprint density at radius 2 is 2.00 bits per heavy atom. The van der Waals surface area contributed by atoms with Crippen LogP contribution in [0.2, 0.25) is 0 Å². The first-order valence-electron chi connectivity index (χ1n) is 6.18. The number of aromatic nitrogens is 1. The number of ether oxygens (including phenoxy) is 1. The van der Waals surface area contributed by atoms with E-state index in [4.69, 9.17) is 4.74 Å². The molecule has 0 aliphatic carbocycles. The van der Waals surface area contributed by atoms with Crippen LogP contribution < -0.4 is 21.3 Å². The fourth-order valence-corrected chi connectivity index (χ4v) is 2.85. The van der Waals surface area contributed by atoms with E-state index in [1.54, 1.807) is 31.4 Å². The molecule has 0 aliphatic heterocycles. The third-order valence-corrected chi connectivity index (χ3v) is 4.22. The van der Waals surface area contributed by atoms with E-state index < -0.39 is 17.1 Å². The predicted molar refractivity (Wildman–Crippen MR) is 81.6 cm³/mol. The highest BCUT2D eigenvalue weighted by Crippen LogP contribution is 2.36. The summed E-state index contributed by atoms with van der Waals surface area (Å²) >= 11 is 1.05. The second-order valence-corrected chi connectivity index (χ2v) is 5.50. The Kier molecular flexibility index (Phi) is 3.30. The van der Waals surface area contributed by atoms with Gasteiger partial charge in [-0.2, -0.15) is 4.68 Å². The Morgan fingerprint density at radius 1 is 1.27 bits per heavy atom. The van der Waals surface area contributed by atoms with Gasteiger partial charge < -0.3 is 9.84 Å². The first-order chi connectivity index (χ1) is 10.5. The molecule has 0 bridgehead atoms. The molecule has 0 saturated heterocycles. The van der Waals surface area contributed by atoms with Gasteiger partial charge in [0.05, 0.1) is 12.8 Å². The molecule has 0 unspecified atom stereocenters. The molecule has 3 rings (SSSR count). The van der Waals surface area contributed by atoms with Gasteiger partial charge in [0.1, 0.15) is 10.6 Å². The first kappa shape index (κ1) is 14.1. The van der Waals surface area contributed by atoms with Crippen LogP contribution in [0.25, 0.3) is 10.4 Å². The second kappa shape index (κ2) is 5.15. The van der Waals surface area contributed by atoms with Crippen molar-refractivity contribution in [3.63, 3.8) is 0 Å². The van der Waals surface area contributed by atoms with E-state index in [0.717, 1.165) is 21.6 Å². The average Bonchev–Trinajstić information content (AvgIpc) is 2.93. The fourth-order valence-electron chi connectivity index (χ4n) is 1.91. The number of hydrogen-bond donors (Lipinski definition) is 2. The number of nitrogens with zero attached hydrogens (tertiary/aromatic N) is 1. The SMILES string of the molecule is COc1cccc(-c2cc(Nn3c(=O)c3=O)c(C(=O)O)s2)c1. The minimum Gasteiger partial charge on any atom is -0.497 e. The molecule has 2 N–H and O–H groups in total. The molecule has 1 aromatic carbocycles. The Hall–Kier alpha value is -2.87. The molecule has 22 heavy (non-hydrogen) atoms. The Morgan fingerprint density at radius 3 is 2.59 bits per heavy atom. The van der Waals surface area contributed by atoms with E-state index in [1.807, 2.05) is 6.07 Å². The van der Waals surface area contributed by atoms with Crippen molar-refractivity contribution in [2.45, 2.75) is 0 Å². The van der Waals surface area contributed by atoms with Crippen molar-refractivity contribution in [2.24, 2.45) is 0 Å². The van der Waals surface area contributed by atoms with Gasteiger partial charge in [0.25, 0.3) is 0 Å². The third kappa shape index (κ3) is 2.40. The zero-order valence-corrected chi connectivity index (χ0v) is 12.1. The largest absolute Gasteiger partial charge is 0.497 e. The minimum atomic E-state index is -1.14. The average molecular weight is 318 g/mol. The molecule has 0 fully saturated rings. The van der Waals surface area contributed by atoms with Crippen LogP contribution in [-0.2, 0) is 0 Å². The van der Waals surface area contributed by atoms with Crippen molar-refractivity contribution in [1.29, 1.82) is 0 Å². The minimum absolute atomic E-state index is 0.0188. The van der Waals surface area contributed by atoms with Gasteiger partial charge >= 0.3 is 17.1 Å². The van der Waals surface area contributed by atoms with Gasteiger partial charge in [0.15, 0.2) is 0 Å². The lowest BCUT2D eigenvalue weighted by molar-refractivity contribution is 0.0703. The summed E-state index contributed by atoms with van der Waals surface area (Å²) in [5.41, 5.74) is 2.12. The van der Waals surface area contributed by atoms with Gasteiger partial charge in [-0.15, -0.1) is 11.3 Å². The number of methoxy groups -OCH3 is 1. The van der Waals surface area contributed by atoms with Crippen LogP contribution in [0, 0.1) is 0 Å². The molecule has 0 radical (unpaired) electrons. The number of carboxylic acids is 1. The van der Waals surface area contributed by atoms with Crippen LogP contribution in [0.1, 0.15) is 9.67 Å². The summed E-state index contributed by atoms with van der Waals surface area (Å²) in [6.45, 7) is 0. The highest BCUT2D eigenvalue weighted by Gasteiger charge is 2.22. The molecular weight excluding hydrogens is 308 g/mol. The van der Waals surface area contributed by atoms with Crippen molar-refractivity contribution in [3.8, 4) is 16.2 Å². The summed E-state index contributed by atoms with van der Waals surface area (Å²) in [6, 6.07) is 8.74. The number of carboxylic acid groups (broad SMARTS) is 1. The Labute approximate surface area is 127 Å². The molecule has 0 spiro atoms. The molecule has 112 valence electrons. The molecule has 0 saturated carbocycles. The fraction of sp³-hybridized carbons (Fsp3) is 0.0714. The standard InChI is InChI=1S/C14H10N2O5S/c1-21-8-4-2-3-7(5-8)10-6-9(11(22-10)14(19)20)15-16-12(17)13(16)18/h2-6,15H,1H3,(H,19,20). The summed E-state index contributed by atoms with van der Waals surface area (Å²) < 4.78 is 5.91. The molecule has 3 aromatic rings. The van der Waals surface area contributed by atoms with Gasteiger partial charge in [0.2, 0.25) is 0 Å². The molecule has 7 nitrogen and oxygen atoms in total. The maximum absolute atomic E-state index is 11.3. The van der Waals surface area contributed by atoms with Crippen LogP contribution in [0.15, 0.2) is 39.9 Å².